The summed E-state index contributed by atoms with van der Waals surface area (Å²) in [5.41, 5.74) is 1.18. The van der Waals surface area contributed by atoms with E-state index in [-0.39, 0.29) is 29.0 Å². The molecule has 0 unspecified atom stereocenters. The first-order valence-electron chi connectivity index (χ1n) is 9.01. The van der Waals surface area contributed by atoms with Crippen LogP contribution in [0.1, 0.15) is 30.0 Å². The van der Waals surface area contributed by atoms with E-state index in [0.29, 0.717) is 6.54 Å². The van der Waals surface area contributed by atoms with Gasteiger partial charge in [0, 0.05) is 24.3 Å². The van der Waals surface area contributed by atoms with Crippen LogP contribution in [-0.2, 0) is 4.79 Å². The van der Waals surface area contributed by atoms with Crippen LogP contribution in [0.25, 0.3) is 6.08 Å². The van der Waals surface area contributed by atoms with Gasteiger partial charge in [-0.1, -0.05) is 30.3 Å². The second-order valence-electron chi connectivity index (χ2n) is 6.39. The molecule has 0 aromatic heterocycles. The maximum Gasteiger partial charge on any atom is 0.387 e. The molecule has 4 nitrogen and oxygen atoms in total. The van der Waals surface area contributed by atoms with Crippen LogP contribution in [0, 0.1) is 0 Å². The Morgan fingerprint density at radius 2 is 1.76 bits per heavy atom. The second kappa shape index (κ2) is 9.45. The topological polar surface area (TPSA) is 38.8 Å². The highest BCUT2D eigenvalue weighted by Crippen LogP contribution is 2.33. The van der Waals surface area contributed by atoms with E-state index in [9.17, 15) is 22.4 Å². The standard InChI is InChI=1S/C21H19F4NO3/c22-20(23)28-16-10-8-15(18(13-16)29-21(24)25)9-11-19(27)26-12-4-7-17(26)14-5-2-1-3-6-14/h1-3,5-6,8-11,13,17,20-21H,4,7,12H2/b11-9+/t17-/m0/s1. The third-order valence-electron chi connectivity index (χ3n) is 4.55. The average Bonchev–Trinajstić information content (AvgIpc) is 3.17. The monoisotopic (exact) mass is 409 g/mol. The van der Waals surface area contributed by atoms with E-state index >= 15 is 0 Å². The van der Waals surface area contributed by atoms with Crippen molar-refractivity contribution in [2.24, 2.45) is 0 Å². The molecule has 1 fully saturated rings. The van der Waals surface area contributed by atoms with Gasteiger partial charge in [-0.05, 0) is 36.6 Å². The molecular formula is C21H19F4NO3. The number of alkyl halides is 4. The van der Waals surface area contributed by atoms with Gasteiger partial charge in [-0.15, -0.1) is 0 Å². The van der Waals surface area contributed by atoms with Crippen LogP contribution < -0.4 is 9.47 Å². The number of benzene rings is 2. The fourth-order valence-electron chi connectivity index (χ4n) is 3.34. The molecule has 29 heavy (non-hydrogen) atoms. The van der Waals surface area contributed by atoms with Gasteiger partial charge in [-0.2, -0.15) is 17.6 Å². The molecule has 0 spiro atoms. The normalized spacial score (nSPS) is 16.8. The highest BCUT2D eigenvalue weighted by molar-refractivity contribution is 5.92. The molecule has 2 aromatic carbocycles. The Labute approximate surface area is 165 Å². The Hall–Kier alpha value is -3.03. The van der Waals surface area contributed by atoms with Crippen LogP contribution in [0.2, 0.25) is 0 Å². The molecule has 1 atom stereocenters. The molecule has 0 saturated carbocycles. The van der Waals surface area contributed by atoms with Crippen LogP contribution in [-0.4, -0.2) is 30.6 Å². The van der Waals surface area contributed by atoms with Crippen LogP contribution in [0.5, 0.6) is 11.5 Å². The molecule has 0 radical (unpaired) electrons. The lowest BCUT2D eigenvalue weighted by Crippen LogP contribution is -2.28. The molecule has 2 aromatic rings. The van der Waals surface area contributed by atoms with Crippen molar-refractivity contribution in [3.63, 3.8) is 0 Å². The first-order chi connectivity index (χ1) is 13.9. The minimum absolute atomic E-state index is 0.0491. The Morgan fingerprint density at radius 3 is 2.45 bits per heavy atom. The zero-order valence-electron chi connectivity index (χ0n) is 15.3. The summed E-state index contributed by atoms with van der Waals surface area (Å²) >= 11 is 0. The fraction of sp³-hybridized carbons (Fsp3) is 0.286. The third kappa shape index (κ3) is 5.49. The average molecular weight is 409 g/mol. The van der Waals surface area contributed by atoms with E-state index in [1.165, 1.54) is 24.3 Å². The Morgan fingerprint density at radius 1 is 1.03 bits per heavy atom. The quantitative estimate of drug-likeness (QED) is 0.462. The van der Waals surface area contributed by atoms with Gasteiger partial charge in [0.1, 0.15) is 11.5 Å². The number of carbonyl (C=O) groups excluding carboxylic acids is 1. The molecular weight excluding hydrogens is 390 g/mol. The summed E-state index contributed by atoms with van der Waals surface area (Å²) in [4.78, 5) is 14.4. The Kier molecular flexibility index (Phi) is 6.74. The third-order valence-corrected chi connectivity index (χ3v) is 4.55. The Balaban J connectivity index is 1.78. The number of hydrogen-bond donors (Lipinski definition) is 0. The van der Waals surface area contributed by atoms with Crippen LogP contribution in [0.4, 0.5) is 17.6 Å². The van der Waals surface area contributed by atoms with Crippen molar-refractivity contribution in [2.75, 3.05) is 6.54 Å². The van der Waals surface area contributed by atoms with E-state index in [1.54, 1.807) is 4.90 Å². The van der Waals surface area contributed by atoms with Gasteiger partial charge >= 0.3 is 13.2 Å². The highest BCUT2D eigenvalue weighted by atomic mass is 19.3. The van der Waals surface area contributed by atoms with Crippen LogP contribution in [0.3, 0.4) is 0 Å². The van der Waals surface area contributed by atoms with Gasteiger partial charge in [-0.25, -0.2) is 0 Å². The molecule has 0 aliphatic carbocycles. The SMILES string of the molecule is O=C(/C=C/c1ccc(OC(F)F)cc1OC(F)F)N1CCC[C@H]1c1ccccc1. The van der Waals surface area contributed by atoms with Gasteiger partial charge in [0.15, 0.2) is 0 Å². The van der Waals surface area contributed by atoms with E-state index in [0.717, 1.165) is 24.5 Å². The summed E-state index contributed by atoms with van der Waals surface area (Å²) in [5, 5.41) is 0. The summed E-state index contributed by atoms with van der Waals surface area (Å²) in [7, 11) is 0. The zero-order valence-corrected chi connectivity index (χ0v) is 15.3. The smallest absolute Gasteiger partial charge is 0.387 e. The van der Waals surface area contributed by atoms with Crippen molar-refractivity contribution in [3.05, 3.63) is 65.7 Å². The van der Waals surface area contributed by atoms with E-state index in [2.05, 4.69) is 9.47 Å². The molecule has 1 aliphatic rings. The number of rotatable bonds is 7. The maximum atomic E-state index is 12.7. The van der Waals surface area contributed by atoms with Crippen molar-refractivity contribution in [2.45, 2.75) is 32.1 Å². The fourth-order valence-corrected chi connectivity index (χ4v) is 3.34. The number of nitrogens with zero attached hydrogens (tertiary/aromatic N) is 1. The van der Waals surface area contributed by atoms with Crippen molar-refractivity contribution in [3.8, 4) is 11.5 Å². The van der Waals surface area contributed by atoms with Gasteiger partial charge in [0.05, 0.1) is 6.04 Å². The second-order valence-corrected chi connectivity index (χ2v) is 6.39. The molecule has 0 bridgehead atoms. The van der Waals surface area contributed by atoms with Crippen LogP contribution >= 0.6 is 0 Å². The predicted octanol–water partition coefficient (Wildman–Crippen LogP) is 5.27. The number of likely N-dealkylation sites (tertiary alicyclic amines) is 1. The maximum absolute atomic E-state index is 12.7. The van der Waals surface area contributed by atoms with Crippen molar-refractivity contribution < 1.29 is 31.8 Å². The van der Waals surface area contributed by atoms with Crippen molar-refractivity contribution >= 4 is 12.0 Å². The number of amides is 1. The minimum Gasteiger partial charge on any atom is -0.435 e. The summed E-state index contributed by atoms with van der Waals surface area (Å²) < 4.78 is 58.6. The zero-order chi connectivity index (χ0) is 20.8. The van der Waals surface area contributed by atoms with Gasteiger partial charge < -0.3 is 14.4 Å². The van der Waals surface area contributed by atoms with Gasteiger partial charge in [-0.3, -0.25) is 4.79 Å². The number of carbonyl (C=O) groups is 1. The highest BCUT2D eigenvalue weighted by Gasteiger charge is 2.28. The lowest BCUT2D eigenvalue weighted by atomic mass is 10.0. The largest absolute Gasteiger partial charge is 0.435 e. The minimum atomic E-state index is -3.15. The molecule has 1 amide bonds. The molecule has 0 N–H and O–H groups in total. The first-order valence-corrected chi connectivity index (χ1v) is 9.01. The summed E-state index contributed by atoms with van der Waals surface area (Å²) in [6.45, 7) is -5.66. The Bertz CT molecular complexity index is 858. The molecule has 8 heteroatoms. The summed E-state index contributed by atoms with van der Waals surface area (Å²) in [6.07, 6.45) is 4.29. The van der Waals surface area contributed by atoms with E-state index < -0.39 is 13.2 Å². The van der Waals surface area contributed by atoms with E-state index in [4.69, 9.17) is 0 Å². The van der Waals surface area contributed by atoms with Crippen LogP contribution in [0.15, 0.2) is 54.6 Å². The van der Waals surface area contributed by atoms with Crippen molar-refractivity contribution in [1.82, 2.24) is 4.90 Å². The van der Waals surface area contributed by atoms with Gasteiger partial charge in [0.25, 0.3) is 0 Å². The van der Waals surface area contributed by atoms with Gasteiger partial charge in [0.2, 0.25) is 5.91 Å². The molecule has 3 rings (SSSR count). The molecule has 1 heterocycles. The number of hydrogen-bond acceptors (Lipinski definition) is 3. The number of halogens is 4. The lowest BCUT2D eigenvalue weighted by molar-refractivity contribution is -0.126. The molecule has 1 saturated heterocycles. The lowest BCUT2D eigenvalue weighted by Gasteiger charge is -2.23. The summed E-state index contributed by atoms with van der Waals surface area (Å²) in [5.74, 6) is -0.946. The number of ether oxygens (including phenoxy) is 2. The molecule has 1 aliphatic heterocycles. The predicted molar refractivity (Wildman–Crippen MR) is 98.9 cm³/mol. The summed E-state index contributed by atoms with van der Waals surface area (Å²) in [6, 6.07) is 13.0. The molecule has 154 valence electrons. The first kappa shape index (κ1) is 20.7. The van der Waals surface area contributed by atoms with E-state index in [1.807, 2.05) is 30.3 Å². The van der Waals surface area contributed by atoms with Crippen molar-refractivity contribution in [1.29, 1.82) is 0 Å².